The molecule has 0 saturated heterocycles. The van der Waals surface area contributed by atoms with Crippen molar-refractivity contribution < 1.29 is 23.9 Å². The monoisotopic (exact) mass is 478 g/mol. The number of hydrogen-bond donors (Lipinski definition) is 1. The largest absolute Gasteiger partial charge is 0.482 e. The number of nitrogens with one attached hydrogen (secondary N) is 1. The van der Waals surface area contributed by atoms with Gasteiger partial charge in [-0.25, -0.2) is 4.79 Å². The van der Waals surface area contributed by atoms with Gasteiger partial charge in [-0.05, 0) is 54.8 Å². The van der Waals surface area contributed by atoms with Gasteiger partial charge in [0.2, 0.25) is 5.91 Å². The molecule has 1 fully saturated rings. The molecule has 29 heavy (non-hydrogen) atoms. The van der Waals surface area contributed by atoms with Crippen molar-refractivity contribution >= 4 is 55.7 Å². The molecule has 0 radical (unpaired) electrons. The maximum absolute atomic E-state index is 12.7. The number of anilines is 2. The lowest BCUT2D eigenvalue weighted by Crippen LogP contribution is -2.43. The van der Waals surface area contributed by atoms with E-state index in [1.165, 1.54) is 16.2 Å². The summed E-state index contributed by atoms with van der Waals surface area (Å²) in [6.07, 6.45) is 2.07. The molecule has 152 valence electrons. The first-order valence-corrected chi connectivity index (χ1v) is 11.0. The second-order valence-electron chi connectivity index (χ2n) is 6.82. The van der Waals surface area contributed by atoms with Gasteiger partial charge in [-0.1, -0.05) is 15.9 Å². The van der Waals surface area contributed by atoms with Crippen molar-refractivity contribution in [3.05, 3.63) is 39.2 Å². The minimum atomic E-state index is -0.427. The van der Waals surface area contributed by atoms with Crippen molar-refractivity contribution in [2.75, 3.05) is 30.0 Å². The smallest absolute Gasteiger partial charge is 0.341 e. The first kappa shape index (κ1) is 19.9. The SMILES string of the molecule is CCOC(=O)c1c(C2CC2)csc1NC(=O)CN1C(=O)COc2cc(Br)ccc21. The van der Waals surface area contributed by atoms with Crippen LogP contribution in [0.1, 0.15) is 41.6 Å². The van der Waals surface area contributed by atoms with E-state index in [4.69, 9.17) is 9.47 Å². The second-order valence-corrected chi connectivity index (χ2v) is 8.61. The molecule has 0 atom stereocenters. The van der Waals surface area contributed by atoms with Crippen molar-refractivity contribution in [3.63, 3.8) is 0 Å². The van der Waals surface area contributed by atoms with Crippen molar-refractivity contribution in [3.8, 4) is 5.75 Å². The fraction of sp³-hybridized carbons (Fsp3) is 0.350. The number of esters is 1. The Morgan fingerprint density at radius 1 is 1.38 bits per heavy atom. The summed E-state index contributed by atoms with van der Waals surface area (Å²) in [6, 6.07) is 5.27. The Hall–Kier alpha value is -2.39. The van der Waals surface area contributed by atoms with Gasteiger partial charge in [-0.15, -0.1) is 11.3 Å². The Morgan fingerprint density at radius 2 is 2.17 bits per heavy atom. The topological polar surface area (TPSA) is 84.9 Å². The number of nitrogens with zero attached hydrogens (tertiary/aromatic N) is 1. The molecule has 0 unspecified atom stereocenters. The van der Waals surface area contributed by atoms with Gasteiger partial charge in [0.25, 0.3) is 5.91 Å². The van der Waals surface area contributed by atoms with Crippen molar-refractivity contribution in [1.29, 1.82) is 0 Å². The molecular formula is C20H19BrN2O5S. The summed E-state index contributed by atoms with van der Waals surface area (Å²) in [4.78, 5) is 38.9. The van der Waals surface area contributed by atoms with Crippen LogP contribution in [0.2, 0.25) is 0 Å². The molecular weight excluding hydrogens is 460 g/mol. The molecule has 1 aliphatic heterocycles. The Kier molecular flexibility index (Phi) is 5.60. The van der Waals surface area contributed by atoms with Gasteiger partial charge < -0.3 is 14.8 Å². The number of benzene rings is 1. The summed E-state index contributed by atoms with van der Waals surface area (Å²) in [5.41, 5.74) is 1.90. The molecule has 2 aliphatic rings. The lowest BCUT2D eigenvalue weighted by atomic mass is 10.1. The Balaban J connectivity index is 1.54. The molecule has 1 N–H and O–H groups in total. The van der Waals surface area contributed by atoms with E-state index in [9.17, 15) is 14.4 Å². The van der Waals surface area contributed by atoms with Crippen LogP contribution in [-0.2, 0) is 14.3 Å². The number of carbonyl (C=O) groups is 3. The van der Waals surface area contributed by atoms with Crippen LogP contribution in [0, 0.1) is 0 Å². The number of halogens is 1. The van der Waals surface area contributed by atoms with Gasteiger partial charge in [0.05, 0.1) is 17.9 Å². The van der Waals surface area contributed by atoms with Crippen molar-refractivity contribution in [2.24, 2.45) is 0 Å². The second kappa shape index (κ2) is 8.16. The Bertz CT molecular complexity index is 985. The van der Waals surface area contributed by atoms with E-state index < -0.39 is 5.97 Å². The molecule has 0 bridgehead atoms. The van der Waals surface area contributed by atoms with Gasteiger partial charge in [0.1, 0.15) is 17.3 Å². The molecule has 1 aromatic carbocycles. The summed E-state index contributed by atoms with van der Waals surface area (Å²) in [6.45, 7) is 1.71. The van der Waals surface area contributed by atoms with Crippen LogP contribution in [0.25, 0.3) is 0 Å². The van der Waals surface area contributed by atoms with E-state index in [0.717, 1.165) is 22.9 Å². The normalized spacial score (nSPS) is 15.5. The lowest BCUT2D eigenvalue weighted by molar-refractivity contribution is -0.123. The van der Waals surface area contributed by atoms with Crippen LogP contribution in [0.4, 0.5) is 10.7 Å². The van der Waals surface area contributed by atoms with Gasteiger partial charge in [-0.2, -0.15) is 0 Å². The maximum atomic E-state index is 12.7. The first-order valence-electron chi connectivity index (χ1n) is 9.29. The van der Waals surface area contributed by atoms with E-state index in [1.807, 2.05) is 5.38 Å². The van der Waals surface area contributed by atoms with Crippen molar-refractivity contribution in [1.82, 2.24) is 0 Å². The van der Waals surface area contributed by atoms with Gasteiger partial charge in [-0.3, -0.25) is 14.5 Å². The first-order chi connectivity index (χ1) is 14.0. The molecule has 4 rings (SSSR count). The average Bonchev–Trinajstić information content (AvgIpc) is 3.45. The number of amides is 2. The lowest BCUT2D eigenvalue weighted by Gasteiger charge is -2.28. The summed E-state index contributed by atoms with van der Waals surface area (Å²) in [5.74, 6) is -0.230. The molecule has 1 saturated carbocycles. The highest BCUT2D eigenvalue weighted by molar-refractivity contribution is 9.10. The highest BCUT2D eigenvalue weighted by Crippen LogP contribution is 2.46. The fourth-order valence-electron chi connectivity index (χ4n) is 3.23. The molecule has 7 nitrogen and oxygen atoms in total. The molecule has 2 aromatic rings. The number of ether oxygens (including phenoxy) is 2. The standard InChI is InChI=1S/C20H19BrN2O5S/c1-2-27-20(26)18-13(11-3-4-11)10-29-19(18)22-16(24)8-23-14-6-5-12(21)7-15(14)28-9-17(23)25/h5-7,10-11H,2-4,8-9H2,1H3,(H,22,24). The summed E-state index contributed by atoms with van der Waals surface area (Å²) in [5, 5.41) is 5.17. The number of rotatable bonds is 6. The minimum absolute atomic E-state index is 0.129. The van der Waals surface area contributed by atoms with Gasteiger partial charge >= 0.3 is 5.97 Å². The van der Waals surface area contributed by atoms with E-state index in [0.29, 0.717) is 27.9 Å². The van der Waals surface area contributed by atoms with E-state index in [1.54, 1.807) is 25.1 Å². The van der Waals surface area contributed by atoms with Gasteiger partial charge in [0, 0.05) is 4.47 Å². The van der Waals surface area contributed by atoms with Crippen LogP contribution in [0.3, 0.4) is 0 Å². The maximum Gasteiger partial charge on any atom is 0.341 e. The van der Waals surface area contributed by atoms with Crippen molar-refractivity contribution in [2.45, 2.75) is 25.7 Å². The zero-order valence-electron chi connectivity index (χ0n) is 15.7. The number of thiophene rings is 1. The predicted octanol–water partition coefficient (Wildman–Crippen LogP) is 3.93. The van der Waals surface area contributed by atoms with Crippen LogP contribution >= 0.6 is 27.3 Å². The summed E-state index contributed by atoms with van der Waals surface area (Å²) in [7, 11) is 0. The van der Waals surface area contributed by atoms with E-state index >= 15 is 0 Å². The molecule has 9 heteroatoms. The number of fused-ring (bicyclic) bond motifs is 1. The van der Waals surface area contributed by atoms with Crippen LogP contribution in [0.15, 0.2) is 28.1 Å². The zero-order chi connectivity index (χ0) is 20.5. The van der Waals surface area contributed by atoms with Crippen LogP contribution < -0.4 is 15.0 Å². The Morgan fingerprint density at radius 3 is 2.90 bits per heavy atom. The zero-order valence-corrected chi connectivity index (χ0v) is 18.1. The van der Waals surface area contributed by atoms with E-state index in [2.05, 4.69) is 21.2 Å². The highest BCUT2D eigenvalue weighted by Gasteiger charge is 2.33. The third kappa shape index (κ3) is 4.16. The Labute approximate surface area is 180 Å². The summed E-state index contributed by atoms with van der Waals surface area (Å²) < 4.78 is 11.5. The third-order valence-electron chi connectivity index (χ3n) is 4.74. The van der Waals surface area contributed by atoms with Crippen LogP contribution in [0.5, 0.6) is 5.75 Å². The predicted molar refractivity (Wildman–Crippen MR) is 113 cm³/mol. The molecule has 1 aromatic heterocycles. The average molecular weight is 479 g/mol. The molecule has 0 spiro atoms. The third-order valence-corrected chi connectivity index (χ3v) is 6.14. The van der Waals surface area contributed by atoms with E-state index in [-0.39, 0.29) is 31.6 Å². The van der Waals surface area contributed by atoms with Gasteiger partial charge in [0.15, 0.2) is 6.61 Å². The fourth-order valence-corrected chi connectivity index (χ4v) is 4.62. The highest BCUT2D eigenvalue weighted by atomic mass is 79.9. The van der Waals surface area contributed by atoms with Crippen LogP contribution in [-0.4, -0.2) is 37.5 Å². The molecule has 1 aliphatic carbocycles. The summed E-state index contributed by atoms with van der Waals surface area (Å²) >= 11 is 4.68. The minimum Gasteiger partial charge on any atom is -0.482 e. The quantitative estimate of drug-likeness (QED) is 0.635. The molecule has 2 heterocycles. The number of hydrogen-bond acceptors (Lipinski definition) is 6. The number of carbonyl (C=O) groups excluding carboxylic acids is 3. The molecule has 2 amide bonds.